The highest BCUT2D eigenvalue weighted by atomic mass is 16.2. The number of likely N-dealkylation sites (tertiary alicyclic amines) is 1. The Hall–Kier alpha value is -2.39. The fourth-order valence-electron chi connectivity index (χ4n) is 3.90. The third-order valence-corrected chi connectivity index (χ3v) is 5.33. The van der Waals surface area contributed by atoms with Crippen LogP contribution in [0.1, 0.15) is 37.3 Å². The second-order valence-electron chi connectivity index (χ2n) is 7.13. The van der Waals surface area contributed by atoms with Gasteiger partial charge < -0.3 is 9.80 Å². The van der Waals surface area contributed by atoms with Gasteiger partial charge in [0, 0.05) is 46.2 Å². The van der Waals surface area contributed by atoms with Crippen LogP contribution >= 0.6 is 0 Å². The van der Waals surface area contributed by atoms with E-state index in [9.17, 15) is 9.59 Å². The minimum absolute atomic E-state index is 0.00175. The van der Waals surface area contributed by atoms with Crippen LogP contribution in [0.25, 0.3) is 0 Å². The highest BCUT2D eigenvalue weighted by Crippen LogP contribution is 2.20. The molecule has 1 atom stereocenters. The zero-order valence-electron chi connectivity index (χ0n) is 15.4. The van der Waals surface area contributed by atoms with Crippen LogP contribution in [0, 0.1) is 11.3 Å². The van der Waals surface area contributed by atoms with Crippen molar-refractivity contribution in [3.63, 3.8) is 0 Å². The van der Waals surface area contributed by atoms with E-state index in [1.165, 1.54) is 5.56 Å². The quantitative estimate of drug-likeness (QED) is 0.827. The number of nitrogens with zero attached hydrogens (tertiary/aromatic N) is 4. The van der Waals surface area contributed by atoms with Crippen LogP contribution < -0.4 is 0 Å². The minimum atomic E-state index is -0.266. The first-order valence-electron chi connectivity index (χ1n) is 9.36. The van der Waals surface area contributed by atoms with E-state index in [-0.39, 0.29) is 17.9 Å². The topological polar surface area (TPSA) is 67.7 Å². The van der Waals surface area contributed by atoms with Crippen LogP contribution in [0.3, 0.4) is 0 Å². The molecule has 0 aromatic heterocycles. The van der Waals surface area contributed by atoms with Gasteiger partial charge in [-0.05, 0) is 37.0 Å². The number of nitriles is 1. The van der Waals surface area contributed by atoms with Crippen molar-refractivity contribution < 1.29 is 9.59 Å². The van der Waals surface area contributed by atoms with Gasteiger partial charge in [0.05, 0.1) is 11.6 Å². The van der Waals surface area contributed by atoms with E-state index in [0.717, 1.165) is 45.4 Å². The highest BCUT2D eigenvalue weighted by molar-refractivity contribution is 5.87. The van der Waals surface area contributed by atoms with Gasteiger partial charge in [-0.1, -0.05) is 12.1 Å². The molecule has 2 aliphatic heterocycles. The van der Waals surface area contributed by atoms with Gasteiger partial charge in [-0.15, -0.1) is 0 Å². The summed E-state index contributed by atoms with van der Waals surface area (Å²) in [6, 6.07) is 9.56. The molecule has 26 heavy (non-hydrogen) atoms. The lowest BCUT2D eigenvalue weighted by atomic mass is 10.1. The largest absolute Gasteiger partial charge is 0.340 e. The van der Waals surface area contributed by atoms with Gasteiger partial charge in [0.1, 0.15) is 6.04 Å². The van der Waals surface area contributed by atoms with Crippen molar-refractivity contribution in [2.24, 2.45) is 0 Å². The van der Waals surface area contributed by atoms with E-state index in [1.807, 2.05) is 29.2 Å². The van der Waals surface area contributed by atoms with E-state index in [1.54, 1.807) is 11.8 Å². The molecule has 2 aliphatic rings. The zero-order valence-corrected chi connectivity index (χ0v) is 15.4. The van der Waals surface area contributed by atoms with Crippen LogP contribution in [-0.4, -0.2) is 65.3 Å². The van der Waals surface area contributed by atoms with Gasteiger partial charge in [0.2, 0.25) is 11.8 Å². The maximum atomic E-state index is 12.9. The van der Waals surface area contributed by atoms with Gasteiger partial charge >= 0.3 is 0 Å². The van der Waals surface area contributed by atoms with Crippen molar-refractivity contribution in [3.05, 3.63) is 35.4 Å². The fraction of sp³-hybridized carbons (Fsp3) is 0.550. The molecule has 2 fully saturated rings. The van der Waals surface area contributed by atoms with E-state index in [0.29, 0.717) is 18.7 Å². The molecule has 2 saturated heterocycles. The maximum Gasteiger partial charge on any atom is 0.245 e. The average molecular weight is 354 g/mol. The summed E-state index contributed by atoms with van der Waals surface area (Å²) in [7, 11) is 0. The second-order valence-corrected chi connectivity index (χ2v) is 7.13. The summed E-state index contributed by atoms with van der Waals surface area (Å²) < 4.78 is 0. The monoisotopic (exact) mass is 354 g/mol. The molecule has 2 amide bonds. The van der Waals surface area contributed by atoms with Crippen molar-refractivity contribution in [1.29, 1.82) is 5.26 Å². The molecule has 0 spiro atoms. The molecule has 6 nitrogen and oxygen atoms in total. The van der Waals surface area contributed by atoms with Gasteiger partial charge in [-0.2, -0.15) is 5.26 Å². The number of carbonyl (C=O) groups is 2. The fourth-order valence-corrected chi connectivity index (χ4v) is 3.90. The van der Waals surface area contributed by atoms with E-state index in [2.05, 4.69) is 11.0 Å². The minimum Gasteiger partial charge on any atom is -0.340 e. The summed E-state index contributed by atoms with van der Waals surface area (Å²) in [4.78, 5) is 30.6. The van der Waals surface area contributed by atoms with Crippen molar-refractivity contribution in [2.75, 3.05) is 32.7 Å². The van der Waals surface area contributed by atoms with Crippen LogP contribution in [0.4, 0.5) is 0 Å². The first-order valence-corrected chi connectivity index (χ1v) is 9.36. The lowest BCUT2D eigenvalue weighted by Crippen LogP contribution is -2.48. The zero-order chi connectivity index (χ0) is 18.5. The molecule has 2 heterocycles. The predicted octanol–water partition coefficient (Wildman–Crippen LogP) is 1.60. The number of carbonyl (C=O) groups excluding carboxylic acids is 2. The molecule has 0 bridgehead atoms. The lowest BCUT2D eigenvalue weighted by molar-refractivity contribution is -0.142. The summed E-state index contributed by atoms with van der Waals surface area (Å²) in [5.74, 6) is 0.107. The Kier molecular flexibility index (Phi) is 5.89. The van der Waals surface area contributed by atoms with Crippen LogP contribution in [0.2, 0.25) is 0 Å². The molecule has 0 saturated carbocycles. The SMILES string of the molecule is CC(=O)N1CCC[C@H]1C(=O)N1CCCN(Cc2ccc(C#N)cc2)CC1. The Labute approximate surface area is 155 Å². The Morgan fingerprint density at radius 3 is 2.54 bits per heavy atom. The van der Waals surface area contributed by atoms with E-state index < -0.39 is 0 Å². The third kappa shape index (κ3) is 4.23. The van der Waals surface area contributed by atoms with E-state index in [4.69, 9.17) is 5.26 Å². The summed E-state index contributed by atoms with van der Waals surface area (Å²) in [5, 5.41) is 8.89. The number of amides is 2. The summed E-state index contributed by atoms with van der Waals surface area (Å²) in [6.45, 7) is 6.32. The average Bonchev–Trinajstić information content (AvgIpc) is 3.03. The van der Waals surface area contributed by atoms with Crippen LogP contribution in [0.5, 0.6) is 0 Å². The molecule has 0 aliphatic carbocycles. The Balaban J connectivity index is 1.56. The molecule has 0 N–H and O–H groups in total. The predicted molar refractivity (Wildman–Crippen MR) is 98.0 cm³/mol. The molecule has 0 unspecified atom stereocenters. The molecular weight excluding hydrogens is 328 g/mol. The molecule has 1 aromatic carbocycles. The smallest absolute Gasteiger partial charge is 0.245 e. The third-order valence-electron chi connectivity index (χ3n) is 5.33. The van der Waals surface area contributed by atoms with Gasteiger partial charge in [0.15, 0.2) is 0 Å². The summed E-state index contributed by atoms with van der Waals surface area (Å²) in [5.41, 5.74) is 1.86. The van der Waals surface area contributed by atoms with Gasteiger partial charge in [-0.25, -0.2) is 0 Å². The van der Waals surface area contributed by atoms with Crippen LogP contribution in [0.15, 0.2) is 24.3 Å². The molecule has 1 aromatic rings. The number of rotatable bonds is 3. The summed E-state index contributed by atoms with van der Waals surface area (Å²) >= 11 is 0. The van der Waals surface area contributed by atoms with Crippen molar-refractivity contribution in [3.8, 4) is 6.07 Å². The Morgan fingerprint density at radius 1 is 1.08 bits per heavy atom. The maximum absolute atomic E-state index is 12.9. The second kappa shape index (κ2) is 8.33. The normalized spacial score (nSPS) is 21.3. The molecular formula is C20H26N4O2. The number of hydrogen-bond donors (Lipinski definition) is 0. The Morgan fingerprint density at radius 2 is 1.85 bits per heavy atom. The molecule has 3 rings (SSSR count). The first-order chi connectivity index (χ1) is 12.6. The van der Waals surface area contributed by atoms with Crippen molar-refractivity contribution in [2.45, 2.75) is 38.8 Å². The molecule has 0 radical (unpaired) electrons. The number of hydrogen-bond acceptors (Lipinski definition) is 4. The molecule has 138 valence electrons. The highest BCUT2D eigenvalue weighted by Gasteiger charge is 2.35. The van der Waals surface area contributed by atoms with Gasteiger partial charge in [-0.3, -0.25) is 14.5 Å². The van der Waals surface area contributed by atoms with Gasteiger partial charge in [0.25, 0.3) is 0 Å². The van der Waals surface area contributed by atoms with Crippen LogP contribution in [-0.2, 0) is 16.1 Å². The van der Waals surface area contributed by atoms with E-state index >= 15 is 0 Å². The molecule has 6 heteroatoms. The first kappa shape index (κ1) is 18.4. The van der Waals surface area contributed by atoms with Crippen molar-refractivity contribution in [1.82, 2.24) is 14.7 Å². The lowest BCUT2D eigenvalue weighted by Gasteiger charge is -2.29. The van der Waals surface area contributed by atoms with Crippen molar-refractivity contribution >= 4 is 11.8 Å². The number of benzene rings is 1. The Bertz CT molecular complexity index is 695. The summed E-state index contributed by atoms with van der Waals surface area (Å²) in [6.07, 6.45) is 2.63. The standard InChI is InChI=1S/C20H26N4O2/c1-16(25)24-11-2-4-19(24)20(26)23-10-3-9-22(12-13-23)15-18-7-5-17(14-21)6-8-18/h5-8,19H,2-4,9-13,15H2,1H3/t19-/m0/s1.